The summed E-state index contributed by atoms with van der Waals surface area (Å²) in [7, 11) is 0. The molecular weight excluding hydrogens is 178 g/mol. The van der Waals surface area contributed by atoms with Crippen molar-refractivity contribution in [2.75, 3.05) is 5.73 Å². The van der Waals surface area contributed by atoms with Crippen molar-refractivity contribution < 1.29 is 0 Å². The molecule has 0 bridgehead atoms. The molecule has 1 unspecified atom stereocenters. The molecule has 6 N–H and O–H groups in total. The van der Waals surface area contributed by atoms with E-state index in [9.17, 15) is 0 Å². The zero-order valence-corrected chi connectivity index (χ0v) is 8.16. The first-order chi connectivity index (χ1) is 6.83. The summed E-state index contributed by atoms with van der Waals surface area (Å²) < 4.78 is 0. The van der Waals surface area contributed by atoms with Crippen LogP contribution in [-0.4, -0.2) is 10.2 Å². The number of anilines is 1. The fraction of sp³-hybridized carbons (Fsp3) is 0.667. The zero-order chi connectivity index (χ0) is 9.97. The van der Waals surface area contributed by atoms with Crippen molar-refractivity contribution in [1.29, 1.82) is 0 Å². The Labute approximate surface area is 83.2 Å². The molecule has 1 aromatic heterocycles. The van der Waals surface area contributed by atoms with Gasteiger partial charge in [-0.05, 0) is 18.8 Å². The van der Waals surface area contributed by atoms with Gasteiger partial charge in [-0.15, -0.1) is 0 Å². The van der Waals surface area contributed by atoms with E-state index in [0.29, 0.717) is 11.7 Å². The number of hydrogen-bond acceptors (Lipinski definition) is 4. The van der Waals surface area contributed by atoms with Gasteiger partial charge in [-0.1, -0.05) is 12.8 Å². The first-order valence-corrected chi connectivity index (χ1v) is 5.08. The molecule has 1 fully saturated rings. The normalized spacial score (nSPS) is 20.1. The molecule has 78 valence electrons. The van der Waals surface area contributed by atoms with Gasteiger partial charge in [0.1, 0.15) is 5.82 Å². The third kappa shape index (κ3) is 1.60. The highest BCUT2D eigenvalue weighted by molar-refractivity contribution is 5.39. The number of H-pyrrole nitrogens is 1. The standard InChI is InChI=1S/C9H17N5/c10-9-7(5-12-14-9)8(13-11)6-3-1-2-4-6/h5-6,8,13H,1-4,11H2,(H3,10,12,14). The Morgan fingerprint density at radius 1 is 1.50 bits per heavy atom. The van der Waals surface area contributed by atoms with Crippen molar-refractivity contribution in [3.05, 3.63) is 11.8 Å². The second kappa shape index (κ2) is 3.98. The van der Waals surface area contributed by atoms with Crippen LogP contribution in [0.2, 0.25) is 0 Å². The van der Waals surface area contributed by atoms with Gasteiger partial charge in [-0.2, -0.15) is 5.10 Å². The molecule has 5 nitrogen and oxygen atoms in total. The number of aromatic amines is 1. The molecule has 1 atom stereocenters. The van der Waals surface area contributed by atoms with Crippen molar-refractivity contribution in [3.8, 4) is 0 Å². The topological polar surface area (TPSA) is 92.7 Å². The van der Waals surface area contributed by atoms with E-state index in [1.807, 2.05) is 0 Å². The van der Waals surface area contributed by atoms with E-state index in [0.717, 1.165) is 5.56 Å². The highest BCUT2D eigenvalue weighted by Gasteiger charge is 2.27. The predicted molar refractivity (Wildman–Crippen MR) is 55.0 cm³/mol. The largest absolute Gasteiger partial charge is 0.384 e. The molecule has 14 heavy (non-hydrogen) atoms. The van der Waals surface area contributed by atoms with Gasteiger partial charge in [-0.3, -0.25) is 16.4 Å². The van der Waals surface area contributed by atoms with Crippen molar-refractivity contribution in [3.63, 3.8) is 0 Å². The Kier molecular flexibility index (Phi) is 2.69. The van der Waals surface area contributed by atoms with E-state index in [2.05, 4.69) is 15.6 Å². The highest BCUT2D eigenvalue weighted by atomic mass is 15.2. The number of aromatic nitrogens is 2. The number of hydrazine groups is 1. The summed E-state index contributed by atoms with van der Waals surface area (Å²) in [6.07, 6.45) is 6.79. The summed E-state index contributed by atoms with van der Waals surface area (Å²) in [5.41, 5.74) is 9.62. The van der Waals surface area contributed by atoms with E-state index < -0.39 is 0 Å². The van der Waals surface area contributed by atoms with Crippen molar-refractivity contribution in [1.82, 2.24) is 15.6 Å². The molecule has 0 saturated heterocycles. The number of nitrogens with one attached hydrogen (secondary N) is 2. The van der Waals surface area contributed by atoms with Crippen molar-refractivity contribution in [2.24, 2.45) is 11.8 Å². The van der Waals surface area contributed by atoms with Crippen LogP contribution < -0.4 is 17.0 Å². The van der Waals surface area contributed by atoms with Crippen molar-refractivity contribution >= 4 is 5.82 Å². The summed E-state index contributed by atoms with van der Waals surface area (Å²) in [4.78, 5) is 0. The average molecular weight is 195 g/mol. The minimum Gasteiger partial charge on any atom is -0.384 e. The highest BCUT2D eigenvalue weighted by Crippen LogP contribution is 2.36. The summed E-state index contributed by atoms with van der Waals surface area (Å²) >= 11 is 0. The molecule has 0 aliphatic heterocycles. The lowest BCUT2D eigenvalue weighted by Crippen LogP contribution is -2.32. The first-order valence-electron chi connectivity index (χ1n) is 5.08. The Balaban J connectivity index is 2.16. The van der Waals surface area contributed by atoms with Gasteiger partial charge in [0.05, 0.1) is 12.2 Å². The maximum absolute atomic E-state index is 5.77. The van der Waals surface area contributed by atoms with Crippen LogP contribution >= 0.6 is 0 Å². The van der Waals surface area contributed by atoms with Crippen LogP contribution in [0, 0.1) is 5.92 Å². The SMILES string of the molecule is NNC(c1cn[nH]c1N)C1CCCC1. The second-order valence-electron chi connectivity index (χ2n) is 3.93. The van der Waals surface area contributed by atoms with Gasteiger partial charge in [0.25, 0.3) is 0 Å². The maximum atomic E-state index is 5.77. The summed E-state index contributed by atoms with van der Waals surface area (Å²) in [6, 6.07) is 0.149. The Morgan fingerprint density at radius 2 is 2.21 bits per heavy atom. The van der Waals surface area contributed by atoms with Crippen LogP contribution in [0.25, 0.3) is 0 Å². The Morgan fingerprint density at radius 3 is 2.71 bits per heavy atom. The smallest absolute Gasteiger partial charge is 0.123 e. The number of nitrogens with zero attached hydrogens (tertiary/aromatic N) is 1. The van der Waals surface area contributed by atoms with Gasteiger partial charge < -0.3 is 5.73 Å². The number of hydrogen-bond donors (Lipinski definition) is 4. The summed E-state index contributed by atoms with van der Waals surface area (Å²) in [5.74, 6) is 6.79. The van der Waals surface area contributed by atoms with Gasteiger partial charge in [0.2, 0.25) is 0 Å². The lowest BCUT2D eigenvalue weighted by molar-refractivity contribution is 0.374. The summed E-state index contributed by atoms with van der Waals surface area (Å²) in [5, 5.41) is 6.66. The van der Waals surface area contributed by atoms with Crippen LogP contribution in [0.1, 0.15) is 37.3 Å². The molecule has 0 aromatic carbocycles. The number of nitrogen functional groups attached to an aromatic ring is 1. The molecule has 2 rings (SSSR count). The van der Waals surface area contributed by atoms with Crippen LogP contribution in [0.3, 0.4) is 0 Å². The number of nitrogens with two attached hydrogens (primary N) is 2. The zero-order valence-electron chi connectivity index (χ0n) is 8.16. The molecule has 1 saturated carbocycles. The van der Waals surface area contributed by atoms with Crippen molar-refractivity contribution in [2.45, 2.75) is 31.7 Å². The van der Waals surface area contributed by atoms with E-state index >= 15 is 0 Å². The number of rotatable bonds is 3. The Bertz CT molecular complexity index is 289. The molecule has 0 spiro atoms. The molecule has 5 heteroatoms. The molecule has 1 aromatic rings. The molecule has 1 aliphatic rings. The maximum Gasteiger partial charge on any atom is 0.123 e. The fourth-order valence-corrected chi connectivity index (χ4v) is 2.32. The minimum atomic E-state index is 0.149. The van der Waals surface area contributed by atoms with Gasteiger partial charge in [0.15, 0.2) is 0 Å². The lowest BCUT2D eigenvalue weighted by atomic mass is 9.94. The van der Waals surface area contributed by atoms with Gasteiger partial charge in [0, 0.05) is 5.56 Å². The van der Waals surface area contributed by atoms with E-state index in [1.54, 1.807) is 6.20 Å². The fourth-order valence-electron chi connectivity index (χ4n) is 2.32. The van der Waals surface area contributed by atoms with Gasteiger partial charge in [-0.25, -0.2) is 0 Å². The average Bonchev–Trinajstić information content (AvgIpc) is 2.80. The molecule has 1 heterocycles. The van der Waals surface area contributed by atoms with Crippen LogP contribution in [-0.2, 0) is 0 Å². The van der Waals surface area contributed by atoms with E-state index in [-0.39, 0.29) is 6.04 Å². The summed E-state index contributed by atoms with van der Waals surface area (Å²) in [6.45, 7) is 0. The van der Waals surface area contributed by atoms with E-state index in [1.165, 1.54) is 25.7 Å². The third-order valence-electron chi connectivity index (χ3n) is 3.09. The molecule has 0 radical (unpaired) electrons. The second-order valence-corrected chi connectivity index (χ2v) is 3.93. The molecule has 0 amide bonds. The Hall–Kier alpha value is -1.07. The van der Waals surface area contributed by atoms with Crippen LogP contribution in [0.4, 0.5) is 5.82 Å². The first kappa shape index (κ1) is 9.48. The molecular formula is C9H17N5. The van der Waals surface area contributed by atoms with Crippen LogP contribution in [0.15, 0.2) is 6.20 Å². The predicted octanol–water partition coefficient (Wildman–Crippen LogP) is 0.686. The minimum absolute atomic E-state index is 0.149. The van der Waals surface area contributed by atoms with Crippen LogP contribution in [0.5, 0.6) is 0 Å². The monoisotopic (exact) mass is 195 g/mol. The quantitative estimate of drug-likeness (QED) is 0.421. The molecule has 1 aliphatic carbocycles. The third-order valence-corrected chi connectivity index (χ3v) is 3.09. The lowest BCUT2D eigenvalue weighted by Gasteiger charge is -2.21. The van der Waals surface area contributed by atoms with E-state index in [4.69, 9.17) is 11.6 Å². The van der Waals surface area contributed by atoms with Gasteiger partial charge >= 0.3 is 0 Å².